The zero-order valence-electron chi connectivity index (χ0n) is 21.3. The minimum atomic E-state index is -0.579. The highest BCUT2D eigenvalue weighted by molar-refractivity contribution is 6.04. The molecular formula is C29H33NO6. The van der Waals surface area contributed by atoms with Gasteiger partial charge in [0.15, 0.2) is 17.3 Å². The maximum Gasteiger partial charge on any atom is 0.336 e. The molecule has 0 saturated heterocycles. The highest BCUT2D eigenvalue weighted by Crippen LogP contribution is 2.47. The third kappa shape index (κ3) is 5.16. The van der Waals surface area contributed by atoms with Crippen LogP contribution >= 0.6 is 0 Å². The van der Waals surface area contributed by atoms with Crippen LogP contribution in [0.25, 0.3) is 0 Å². The Bertz CT molecular complexity index is 1180. The average Bonchev–Trinajstić information content (AvgIpc) is 2.90. The number of rotatable bonds is 9. The zero-order valence-corrected chi connectivity index (χ0v) is 21.3. The molecule has 7 nitrogen and oxygen atoms in total. The Balaban J connectivity index is 1.76. The molecule has 1 N–H and O–H groups in total. The number of dihydropyridines is 1. The number of ketones is 1. The second-order valence-electron chi connectivity index (χ2n) is 8.88. The second kappa shape index (κ2) is 11.4. The van der Waals surface area contributed by atoms with Gasteiger partial charge in [-0.2, -0.15) is 0 Å². The molecule has 0 saturated carbocycles. The number of carbonyl (C=O) groups excluding carboxylic acids is 2. The summed E-state index contributed by atoms with van der Waals surface area (Å²) in [4.78, 5) is 27.0. The van der Waals surface area contributed by atoms with Crippen molar-refractivity contribution in [3.05, 3.63) is 82.2 Å². The third-order valence-corrected chi connectivity index (χ3v) is 6.72. The molecule has 0 fully saturated rings. The first kappa shape index (κ1) is 25.5. The van der Waals surface area contributed by atoms with E-state index >= 15 is 0 Å². The van der Waals surface area contributed by atoms with E-state index in [0.29, 0.717) is 54.4 Å². The van der Waals surface area contributed by atoms with Crippen molar-refractivity contribution in [2.24, 2.45) is 0 Å². The Morgan fingerprint density at radius 1 is 0.972 bits per heavy atom. The van der Waals surface area contributed by atoms with Crippen molar-refractivity contribution in [1.29, 1.82) is 0 Å². The van der Waals surface area contributed by atoms with Gasteiger partial charge in [0.05, 0.1) is 26.4 Å². The number of benzene rings is 2. The minimum Gasteiger partial charge on any atom is -0.493 e. The largest absolute Gasteiger partial charge is 0.493 e. The molecule has 0 bridgehead atoms. The zero-order chi connectivity index (χ0) is 25.7. The summed E-state index contributed by atoms with van der Waals surface area (Å²) < 4.78 is 21.8. The summed E-state index contributed by atoms with van der Waals surface area (Å²) in [6, 6.07) is 15.6. The first-order chi connectivity index (χ1) is 17.5. The lowest BCUT2D eigenvalue weighted by Crippen LogP contribution is -2.36. The van der Waals surface area contributed by atoms with Gasteiger partial charge in [-0.1, -0.05) is 36.4 Å². The van der Waals surface area contributed by atoms with E-state index in [9.17, 15) is 9.59 Å². The Morgan fingerprint density at radius 2 is 1.72 bits per heavy atom. The van der Waals surface area contributed by atoms with Crippen molar-refractivity contribution >= 4 is 11.8 Å². The smallest absolute Gasteiger partial charge is 0.336 e. The maximum absolute atomic E-state index is 13.7. The van der Waals surface area contributed by atoms with Crippen molar-refractivity contribution in [3.8, 4) is 11.5 Å². The molecule has 0 spiro atoms. The van der Waals surface area contributed by atoms with Crippen LogP contribution in [0.15, 0.2) is 71.1 Å². The predicted octanol–water partition coefficient (Wildman–Crippen LogP) is 4.65. The Hall–Kier alpha value is -3.58. The fraction of sp³-hybridized carbons (Fsp3) is 0.379. The Morgan fingerprint density at radius 3 is 2.42 bits per heavy atom. The number of Topliss-reactive ketones (excluding diaryl/α,β-unsaturated/α-hetero) is 1. The number of carbonyl (C=O) groups is 2. The molecule has 0 radical (unpaired) electrons. The molecule has 0 aromatic heterocycles. The highest BCUT2D eigenvalue weighted by Gasteiger charge is 2.41. The number of hydrogen-bond acceptors (Lipinski definition) is 7. The Labute approximate surface area is 212 Å². The standard InChI is InChI=1S/C29H33NO6/c1-5-35-13-14-36-29(32)26-18(2)30-22-15-21(19-9-7-6-8-10-19)16-23(31)28(22)27(26)20-11-12-24(33-3)25(17-20)34-4/h6-12,17,21,27,30H,5,13-16H2,1-4H3/t21-,27+/m0/s1. The summed E-state index contributed by atoms with van der Waals surface area (Å²) in [6.45, 7) is 4.74. The van der Waals surface area contributed by atoms with Gasteiger partial charge in [0.1, 0.15) is 6.61 Å². The summed E-state index contributed by atoms with van der Waals surface area (Å²) in [6.07, 6.45) is 1.05. The lowest BCUT2D eigenvalue weighted by Gasteiger charge is -2.36. The summed E-state index contributed by atoms with van der Waals surface area (Å²) in [5.41, 5.74) is 4.45. The molecule has 0 unspecified atom stereocenters. The lowest BCUT2D eigenvalue weighted by atomic mass is 9.71. The molecule has 2 aromatic rings. The Kier molecular flexibility index (Phi) is 8.10. The van der Waals surface area contributed by atoms with Crippen LogP contribution in [0.5, 0.6) is 11.5 Å². The van der Waals surface area contributed by atoms with Crippen LogP contribution < -0.4 is 14.8 Å². The van der Waals surface area contributed by atoms with Crippen LogP contribution in [0.2, 0.25) is 0 Å². The maximum atomic E-state index is 13.7. The molecule has 7 heteroatoms. The number of ether oxygens (including phenoxy) is 4. The van der Waals surface area contributed by atoms with Gasteiger partial charge in [-0.05, 0) is 49.4 Å². The van der Waals surface area contributed by atoms with Gasteiger partial charge in [0, 0.05) is 35.9 Å². The first-order valence-corrected chi connectivity index (χ1v) is 12.2. The van der Waals surface area contributed by atoms with Gasteiger partial charge < -0.3 is 24.3 Å². The fourth-order valence-electron chi connectivity index (χ4n) is 5.05. The topological polar surface area (TPSA) is 83.1 Å². The number of allylic oxidation sites excluding steroid dienone is 3. The van der Waals surface area contributed by atoms with Gasteiger partial charge in [0.2, 0.25) is 0 Å². The van der Waals surface area contributed by atoms with Crippen LogP contribution in [0.4, 0.5) is 0 Å². The normalized spacial score (nSPS) is 19.5. The molecule has 36 heavy (non-hydrogen) atoms. The van der Waals surface area contributed by atoms with E-state index in [0.717, 1.165) is 16.8 Å². The number of hydrogen-bond donors (Lipinski definition) is 1. The number of methoxy groups -OCH3 is 2. The molecule has 1 aliphatic heterocycles. The van der Waals surface area contributed by atoms with Crippen LogP contribution in [-0.2, 0) is 19.1 Å². The molecule has 2 aromatic carbocycles. The molecule has 1 aliphatic carbocycles. The molecule has 0 amide bonds. The minimum absolute atomic E-state index is 0.0181. The molecule has 4 rings (SSSR count). The molecule has 190 valence electrons. The van der Waals surface area contributed by atoms with E-state index in [1.54, 1.807) is 20.3 Å². The number of nitrogens with one attached hydrogen (secondary N) is 1. The summed E-state index contributed by atoms with van der Waals surface area (Å²) >= 11 is 0. The van der Waals surface area contributed by atoms with Crippen molar-refractivity contribution in [1.82, 2.24) is 5.32 Å². The van der Waals surface area contributed by atoms with E-state index in [2.05, 4.69) is 17.4 Å². The van der Waals surface area contributed by atoms with E-state index in [-0.39, 0.29) is 18.3 Å². The van der Waals surface area contributed by atoms with Gasteiger partial charge in [-0.3, -0.25) is 4.79 Å². The van der Waals surface area contributed by atoms with Gasteiger partial charge in [-0.25, -0.2) is 4.79 Å². The third-order valence-electron chi connectivity index (χ3n) is 6.72. The van der Waals surface area contributed by atoms with E-state index in [4.69, 9.17) is 18.9 Å². The van der Waals surface area contributed by atoms with Crippen molar-refractivity contribution in [2.75, 3.05) is 34.0 Å². The van der Waals surface area contributed by atoms with Gasteiger partial charge in [0.25, 0.3) is 0 Å². The average molecular weight is 492 g/mol. The van der Waals surface area contributed by atoms with Crippen molar-refractivity contribution < 1.29 is 28.5 Å². The predicted molar refractivity (Wildman–Crippen MR) is 136 cm³/mol. The van der Waals surface area contributed by atoms with Gasteiger partial charge >= 0.3 is 5.97 Å². The summed E-state index contributed by atoms with van der Waals surface area (Å²) in [5.74, 6) is 0.148. The number of esters is 1. The van der Waals surface area contributed by atoms with Crippen molar-refractivity contribution in [2.45, 2.75) is 38.5 Å². The quantitative estimate of drug-likeness (QED) is 0.404. The molecule has 2 atom stereocenters. The van der Waals surface area contributed by atoms with Crippen LogP contribution in [-0.4, -0.2) is 45.8 Å². The summed E-state index contributed by atoms with van der Waals surface area (Å²) in [5, 5.41) is 3.38. The lowest BCUT2D eigenvalue weighted by molar-refractivity contribution is -0.140. The monoisotopic (exact) mass is 491 g/mol. The molecule has 1 heterocycles. The van der Waals surface area contributed by atoms with Crippen LogP contribution in [0.1, 0.15) is 49.7 Å². The second-order valence-corrected chi connectivity index (χ2v) is 8.88. The van der Waals surface area contributed by atoms with Crippen LogP contribution in [0, 0.1) is 0 Å². The van der Waals surface area contributed by atoms with E-state index in [1.165, 1.54) is 0 Å². The SMILES string of the molecule is CCOCCOC(=O)C1=C(C)NC2=C(C(=O)C[C@@H](c3ccccc3)C2)[C@@H]1c1ccc(OC)c(OC)c1. The first-order valence-electron chi connectivity index (χ1n) is 12.2. The van der Waals surface area contributed by atoms with Crippen molar-refractivity contribution in [3.63, 3.8) is 0 Å². The van der Waals surface area contributed by atoms with E-state index in [1.807, 2.05) is 44.2 Å². The highest BCUT2D eigenvalue weighted by atomic mass is 16.6. The summed E-state index contributed by atoms with van der Waals surface area (Å²) in [7, 11) is 3.14. The van der Waals surface area contributed by atoms with Crippen LogP contribution in [0.3, 0.4) is 0 Å². The molecular weight excluding hydrogens is 458 g/mol. The fourth-order valence-corrected chi connectivity index (χ4v) is 5.05. The van der Waals surface area contributed by atoms with E-state index < -0.39 is 11.9 Å². The molecule has 2 aliphatic rings. The van der Waals surface area contributed by atoms with Gasteiger partial charge in [-0.15, -0.1) is 0 Å².